The average molecular weight is 310 g/mol. The van der Waals surface area contributed by atoms with Crippen molar-refractivity contribution in [3.05, 3.63) is 59.7 Å². The van der Waals surface area contributed by atoms with Gasteiger partial charge in [0.05, 0.1) is 0 Å². The van der Waals surface area contributed by atoms with E-state index in [2.05, 4.69) is 5.32 Å². The number of carbonyl (C=O) groups is 2. The molecule has 23 heavy (non-hydrogen) atoms. The van der Waals surface area contributed by atoms with E-state index in [9.17, 15) is 9.59 Å². The van der Waals surface area contributed by atoms with E-state index >= 15 is 0 Å². The Morgan fingerprint density at radius 1 is 1.17 bits per heavy atom. The van der Waals surface area contributed by atoms with Gasteiger partial charge in [0.2, 0.25) is 0 Å². The van der Waals surface area contributed by atoms with Crippen molar-refractivity contribution in [2.24, 2.45) is 0 Å². The molecule has 1 aliphatic heterocycles. The highest BCUT2D eigenvalue weighted by molar-refractivity contribution is 5.97. The number of hydrogen-bond donors (Lipinski definition) is 1. The molecule has 2 amide bonds. The number of likely N-dealkylation sites (N-methyl/N-ethyl adjacent to an activating group) is 1. The fraction of sp³-hybridized carbons (Fsp3) is 0.222. The molecule has 0 aromatic heterocycles. The Balaban J connectivity index is 1.67. The van der Waals surface area contributed by atoms with Crippen LogP contribution in [0, 0.1) is 0 Å². The van der Waals surface area contributed by atoms with E-state index in [1.165, 1.54) is 0 Å². The first-order valence-electron chi connectivity index (χ1n) is 7.50. The van der Waals surface area contributed by atoms with Gasteiger partial charge in [-0.1, -0.05) is 24.3 Å². The van der Waals surface area contributed by atoms with Gasteiger partial charge in [-0.05, 0) is 30.7 Å². The third-order valence-corrected chi connectivity index (χ3v) is 3.82. The van der Waals surface area contributed by atoms with Crippen LogP contribution in [0.4, 0.5) is 5.69 Å². The van der Waals surface area contributed by atoms with E-state index in [4.69, 9.17) is 4.74 Å². The molecule has 5 nitrogen and oxygen atoms in total. The zero-order valence-corrected chi connectivity index (χ0v) is 12.9. The Bertz CT molecular complexity index is 728. The third-order valence-electron chi connectivity index (χ3n) is 3.82. The van der Waals surface area contributed by atoms with Crippen molar-refractivity contribution in [1.29, 1.82) is 0 Å². The summed E-state index contributed by atoms with van der Waals surface area (Å²) in [5.41, 5.74) is 2.26. The van der Waals surface area contributed by atoms with E-state index in [1.807, 2.05) is 30.3 Å². The number of ether oxygens (including phenoxy) is 1. The Labute approximate surface area is 134 Å². The van der Waals surface area contributed by atoms with Gasteiger partial charge >= 0.3 is 0 Å². The Hall–Kier alpha value is -2.82. The van der Waals surface area contributed by atoms with Crippen LogP contribution in [-0.4, -0.2) is 36.9 Å². The van der Waals surface area contributed by atoms with Gasteiger partial charge in [-0.25, -0.2) is 0 Å². The number of hydrogen-bond acceptors (Lipinski definition) is 3. The highest BCUT2D eigenvalue weighted by Crippen LogP contribution is 2.27. The molecule has 1 N–H and O–H groups in total. The van der Waals surface area contributed by atoms with Crippen LogP contribution in [-0.2, 0) is 11.2 Å². The number of nitrogens with zero attached hydrogens (tertiary/aromatic N) is 1. The molecule has 2 aromatic rings. The quantitative estimate of drug-likeness (QED) is 0.943. The molecule has 0 fully saturated rings. The lowest BCUT2D eigenvalue weighted by Crippen LogP contribution is -2.34. The first-order chi connectivity index (χ1) is 11.1. The van der Waals surface area contributed by atoms with Gasteiger partial charge in [0.1, 0.15) is 5.75 Å². The van der Waals surface area contributed by atoms with Gasteiger partial charge in [0, 0.05) is 30.4 Å². The van der Waals surface area contributed by atoms with Crippen LogP contribution >= 0.6 is 0 Å². The standard InChI is InChI=1S/C18H18N2O3/c1-20-11-10-14-15(18(20)22)8-5-9-16(14)23-12-17(21)19-13-6-3-2-4-7-13/h2-9H,10-12H2,1H3,(H,19,21). The average Bonchev–Trinajstić information content (AvgIpc) is 2.57. The molecule has 0 atom stereocenters. The second kappa shape index (κ2) is 6.52. The van der Waals surface area contributed by atoms with E-state index in [-0.39, 0.29) is 18.4 Å². The van der Waals surface area contributed by atoms with Gasteiger partial charge in [-0.2, -0.15) is 0 Å². The van der Waals surface area contributed by atoms with E-state index in [0.29, 0.717) is 17.9 Å². The summed E-state index contributed by atoms with van der Waals surface area (Å²) in [7, 11) is 1.78. The van der Waals surface area contributed by atoms with Gasteiger partial charge in [-0.3, -0.25) is 9.59 Å². The molecule has 5 heteroatoms. The van der Waals surface area contributed by atoms with Crippen LogP contribution in [0.2, 0.25) is 0 Å². The zero-order valence-electron chi connectivity index (χ0n) is 12.9. The Morgan fingerprint density at radius 2 is 1.96 bits per heavy atom. The topological polar surface area (TPSA) is 58.6 Å². The maximum Gasteiger partial charge on any atom is 0.262 e. The van der Waals surface area contributed by atoms with Gasteiger partial charge < -0.3 is 15.0 Å². The van der Waals surface area contributed by atoms with Crippen LogP contribution in [0.15, 0.2) is 48.5 Å². The van der Waals surface area contributed by atoms with E-state index in [0.717, 1.165) is 17.7 Å². The van der Waals surface area contributed by atoms with Crippen LogP contribution in [0.5, 0.6) is 5.75 Å². The molecular formula is C18H18N2O3. The third kappa shape index (κ3) is 3.34. The van der Waals surface area contributed by atoms with Crippen molar-refractivity contribution >= 4 is 17.5 Å². The summed E-state index contributed by atoms with van der Waals surface area (Å²) in [4.78, 5) is 25.8. The van der Waals surface area contributed by atoms with E-state index in [1.54, 1.807) is 30.1 Å². The van der Waals surface area contributed by atoms with Gasteiger partial charge in [-0.15, -0.1) is 0 Å². The maximum atomic E-state index is 12.1. The smallest absolute Gasteiger partial charge is 0.262 e. The maximum absolute atomic E-state index is 12.1. The second-order valence-electron chi connectivity index (χ2n) is 5.46. The molecule has 1 aliphatic rings. The van der Waals surface area contributed by atoms with Crippen LogP contribution in [0.25, 0.3) is 0 Å². The molecule has 1 heterocycles. The highest BCUT2D eigenvalue weighted by Gasteiger charge is 2.24. The van der Waals surface area contributed by atoms with Crippen molar-refractivity contribution in [2.75, 3.05) is 25.5 Å². The number of benzene rings is 2. The molecule has 0 unspecified atom stereocenters. The molecule has 0 saturated carbocycles. The molecule has 118 valence electrons. The van der Waals surface area contributed by atoms with Crippen LogP contribution < -0.4 is 10.1 Å². The summed E-state index contributed by atoms with van der Waals surface area (Å²) in [5.74, 6) is 0.366. The molecular weight excluding hydrogens is 292 g/mol. The zero-order chi connectivity index (χ0) is 16.2. The summed E-state index contributed by atoms with van der Waals surface area (Å²) in [5, 5.41) is 2.77. The number of fused-ring (bicyclic) bond motifs is 1. The number of nitrogens with one attached hydrogen (secondary N) is 1. The van der Waals surface area contributed by atoms with E-state index < -0.39 is 0 Å². The molecule has 0 aliphatic carbocycles. The lowest BCUT2D eigenvalue weighted by molar-refractivity contribution is -0.118. The van der Waals surface area contributed by atoms with Crippen molar-refractivity contribution in [2.45, 2.75) is 6.42 Å². The van der Waals surface area contributed by atoms with Crippen molar-refractivity contribution in [1.82, 2.24) is 4.90 Å². The molecule has 3 rings (SSSR count). The molecule has 2 aromatic carbocycles. The number of anilines is 1. The molecule has 0 saturated heterocycles. The monoisotopic (exact) mass is 310 g/mol. The first-order valence-corrected chi connectivity index (χ1v) is 7.50. The molecule has 0 spiro atoms. The predicted molar refractivity (Wildman–Crippen MR) is 87.7 cm³/mol. The largest absolute Gasteiger partial charge is 0.483 e. The number of rotatable bonds is 4. The minimum absolute atomic E-state index is 0.00885. The fourth-order valence-electron chi connectivity index (χ4n) is 2.61. The van der Waals surface area contributed by atoms with Crippen LogP contribution in [0.3, 0.4) is 0 Å². The van der Waals surface area contributed by atoms with Gasteiger partial charge in [0.15, 0.2) is 6.61 Å². The number of para-hydroxylation sites is 1. The summed E-state index contributed by atoms with van der Waals surface area (Å²) < 4.78 is 5.64. The van der Waals surface area contributed by atoms with Crippen molar-refractivity contribution < 1.29 is 14.3 Å². The lowest BCUT2D eigenvalue weighted by Gasteiger charge is -2.26. The predicted octanol–water partition coefficient (Wildman–Crippen LogP) is 2.33. The normalized spacial score (nSPS) is 13.4. The minimum atomic E-state index is -0.229. The number of carbonyl (C=O) groups excluding carboxylic acids is 2. The molecule has 0 radical (unpaired) electrons. The summed E-state index contributed by atoms with van der Waals surface area (Å²) in [6.45, 7) is 0.567. The number of amides is 2. The minimum Gasteiger partial charge on any atom is -0.483 e. The van der Waals surface area contributed by atoms with Crippen molar-refractivity contribution in [3.8, 4) is 5.75 Å². The second-order valence-corrected chi connectivity index (χ2v) is 5.46. The Kier molecular flexibility index (Phi) is 4.28. The summed E-state index contributed by atoms with van der Waals surface area (Å²) in [6, 6.07) is 14.6. The fourth-order valence-corrected chi connectivity index (χ4v) is 2.61. The Morgan fingerprint density at radius 3 is 2.74 bits per heavy atom. The molecule has 0 bridgehead atoms. The first kappa shape index (κ1) is 15.1. The highest BCUT2D eigenvalue weighted by atomic mass is 16.5. The van der Waals surface area contributed by atoms with Gasteiger partial charge in [0.25, 0.3) is 11.8 Å². The van der Waals surface area contributed by atoms with Crippen molar-refractivity contribution in [3.63, 3.8) is 0 Å². The summed E-state index contributed by atoms with van der Waals surface area (Å²) in [6.07, 6.45) is 0.730. The lowest BCUT2D eigenvalue weighted by atomic mass is 9.98. The van der Waals surface area contributed by atoms with Crippen LogP contribution in [0.1, 0.15) is 15.9 Å². The summed E-state index contributed by atoms with van der Waals surface area (Å²) >= 11 is 0. The SMILES string of the molecule is CN1CCc2c(OCC(=O)Nc3ccccc3)cccc2C1=O.